The van der Waals surface area contributed by atoms with Gasteiger partial charge in [0, 0.05) is 72.6 Å². The van der Waals surface area contributed by atoms with Gasteiger partial charge in [0.1, 0.15) is 0 Å². The molecule has 0 fully saturated rings. The van der Waals surface area contributed by atoms with Crippen LogP contribution >= 0.6 is 8.53 Å². The monoisotopic (exact) mass is 713 g/mol. The molecule has 0 aliphatic carbocycles. The third kappa shape index (κ3) is 6.33. The third-order valence-corrected chi connectivity index (χ3v) is 13.4. The zero-order valence-electron chi connectivity index (χ0n) is 32.8. The average Bonchev–Trinajstić information content (AvgIpc) is 3.48. The van der Waals surface area contributed by atoms with Crippen LogP contribution in [0.15, 0.2) is 59.3 Å². The Morgan fingerprint density at radius 2 is 1.75 bits per heavy atom. The number of rotatable bonds is 12. The Morgan fingerprint density at radius 3 is 2.49 bits per heavy atom. The van der Waals surface area contributed by atoms with E-state index in [0.717, 1.165) is 37.1 Å². The second-order valence-electron chi connectivity index (χ2n) is 16.1. The maximum Gasteiger partial charge on any atom is 0.259 e. The molecule has 0 spiro atoms. The predicted molar refractivity (Wildman–Crippen MR) is 204 cm³/mol. The number of allylic oxidation sites excluding steroid dienone is 1. The molecule has 51 heavy (non-hydrogen) atoms. The lowest BCUT2D eigenvalue weighted by Crippen LogP contribution is -2.47. The molecule has 2 aromatic rings. The van der Waals surface area contributed by atoms with Gasteiger partial charge < -0.3 is 23.4 Å². The van der Waals surface area contributed by atoms with Gasteiger partial charge in [0.2, 0.25) is 5.69 Å². The minimum Gasteiger partial charge on any atom is -0.377 e. The highest BCUT2D eigenvalue weighted by Crippen LogP contribution is 2.55. The fourth-order valence-electron chi connectivity index (χ4n) is 9.20. The Hall–Kier alpha value is -2.89. The largest absolute Gasteiger partial charge is 0.377 e. The van der Waals surface area contributed by atoms with E-state index in [9.17, 15) is 0 Å². The third-order valence-electron chi connectivity index (χ3n) is 11.3. The molecule has 8 nitrogen and oxygen atoms in total. The quantitative estimate of drug-likeness (QED) is 0.124. The Bertz CT molecular complexity index is 1830. The van der Waals surface area contributed by atoms with E-state index in [1.807, 2.05) is 0 Å². The molecule has 272 valence electrons. The molecule has 5 aliphatic heterocycles. The Balaban J connectivity index is 1.20. The van der Waals surface area contributed by atoms with Crippen molar-refractivity contribution in [2.45, 2.75) is 130 Å². The molecule has 0 aromatic heterocycles. The summed E-state index contributed by atoms with van der Waals surface area (Å²) < 4.78 is 37.8. The summed E-state index contributed by atoms with van der Waals surface area (Å²) >= 11 is 0. The van der Waals surface area contributed by atoms with Crippen LogP contribution in [-0.2, 0) is 42.6 Å². The highest BCUT2D eigenvalue weighted by Gasteiger charge is 2.54. The summed E-state index contributed by atoms with van der Waals surface area (Å²) in [6.07, 6.45) is 4.99. The van der Waals surface area contributed by atoms with Crippen molar-refractivity contribution < 1.29 is 24.5 Å². The van der Waals surface area contributed by atoms with E-state index in [-0.39, 0.29) is 42.0 Å². The molecule has 7 rings (SSSR count). The first-order valence-corrected chi connectivity index (χ1v) is 19.9. The molecule has 0 amide bonds. The molecular formula is C42H56N4O4P+. The van der Waals surface area contributed by atoms with E-state index < -0.39 is 8.53 Å². The molecule has 3 unspecified atom stereocenters. The molecule has 3 atom stereocenters. The molecule has 0 bridgehead atoms. The normalized spacial score (nSPS) is 23.4. The van der Waals surface area contributed by atoms with Gasteiger partial charge in [-0.3, -0.25) is 0 Å². The number of benzene rings is 2. The van der Waals surface area contributed by atoms with Crippen molar-refractivity contribution in [2.75, 3.05) is 31.2 Å². The average molecular weight is 714 g/mol. The fraction of sp³-hybridized carbons (Fsp3) is 0.571. The maximum atomic E-state index is 9.13. The van der Waals surface area contributed by atoms with Crippen LogP contribution in [0.3, 0.4) is 0 Å². The highest BCUT2D eigenvalue weighted by atomic mass is 31.2. The number of nitrogens with zero attached hydrogens (tertiary/aromatic N) is 4. The van der Waals surface area contributed by atoms with Gasteiger partial charge in [-0.15, -0.1) is 0 Å². The lowest BCUT2D eigenvalue weighted by molar-refractivity contribution is -0.445. The van der Waals surface area contributed by atoms with E-state index in [2.05, 4.69) is 118 Å². The first-order chi connectivity index (χ1) is 24.9. The van der Waals surface area contributed by atoms with Crippen molar-refractivity contribution in [1.82, 2.24) is 4.67 Å². The van der Waals surface area contributed by atoms with Crippen molar-refractivity contribution in [3.63, 3.8) is 0 Å². The number of hydrogen-bond donors (Lipinski definition) is 0. The summed E-state index contributed by atoms with van der Waals surface area (Å²) in [5, 5.41) is 9.13. The minimum atomic E-state index is -1.32. The Labute approximate surface area is 308 Å². The van der Waals surface area contributed by atoms with Crippen molar-refractivity contribution in [1.29, 1.82) is 5.26 Å². The van der Waals surface area contributed by atoms with Gasteiger partial charge >= 0.3 is 0 Å². The number of nitriles is 1. The van der Waals surface area contributed by atoms with E-state index in [4.69, 9.17) is 25.2 Å². The second kappa shape index (κ2) is 14.2. The zero-order chi connectivity index (χ0) is 36.9. The van der Waals surface area contributed by atoms with Crippen LogP contribution < -0.4 is 4.90 Å². The van der Waals surface area contributed by atoms with Crippen molar-refractivity contribution >= 4 is 25.6 Å². The summed E-state index contributed by atoms with van der Waals surface area (Å²) in [5.74, 6) is 0. The van der Waals surface area contributed by atoms with Crippen LogP contribution in [0.4, 0.5) is 11.4 Å². The fourth-order valence-corrected chi connectivity index (χ4v) is 10.8. The van der Waals surface area contributed by atoms with Crippen LogP contribution in [0.1, 0.15) is 105 Å². The summed E-state index contributed by atoms with van der Waals surface area (Å²) in [7, 11) is -1.32. The van der Waals surface area contributed by atoms with Crippen LogP contribution in [-0.4, -0.2) is 65.6 Å². The second-order valence-corrected chi connectivity index (χ2v) is 17.5. The van der Waals surface area contributed by atoms with Gasteiger partial charge in [0.25, 0.3) is 8.53 Å². The lowest BCUT2D eigenvalue weighted by Gasteiger charge is -2.42. The molecule has 2 aromatic carbocycles. The molecule has 0 saturated heterocycles. The molecule has 0 saturated carbocycles. The maximum absolute atomic E-state index is 9.13. The topological polar surface area (TPSA) is 70.2 Å². The minimum absolute atomic E-state index is 0.0865. The molecule has 0 radical (unpaired) electrons. The summed E-state index contributed by atoms with van der Waals surface area (Å²) in [4.78, 5) is 2.55. The van der Waals surface area contributed by atoms with Crippen molar-refractivity contribution in [3.8, 4) is 6.07 Å². The Kier molecular flexibility index (Phi) is 9.76. The number of fused-ring (bicyclic) bond motifs is 8. The SMILES string of the molecule is [3H]CCOCc1ccc2c(c1)C(C)(C)C1=[N+]2CCC2OC3CCN4C(=C3C=C12)C(C)(C)c1cc(COP(OCCC#N)N(C(C)C)C(C)C)ccc14. The summed E-state index contributed by atoms with van der Waals surface area (Å²) in [5.41, 5.74) is 12.5. The summed E-state index contributed by atoms with van der Waals surface area (Å²) in [6.45, 7) is 22.1. The number of ether oxygens (including phenoxy) is 2. The van der Waals surface area contributed by atoms with Gasteiger partial charge in [-0.05, 0) is 89.8 Å². The van der Waals surface area contributed by atoms with Gasteiger partial charge in [0.05, 0.1) is 49.9 Å². The van der Waals surface area contributed by atoms with E-state index >= 15 is 0 Å². The first-order valence-electron chi connectivity index (χ1n) is 19.5. The van der Waals surface area contributed by atoms with E-state index in [1.54, 1.807) is 0 Å². The van der Waals surface area contributed by atoms with Crippen LogP contribution in [0.2, 0.25) is 0 Å². The standard InChI is InChI=1S/C42H56N4O4P/c1-10-47-25-29-12-14-35-33(22-29)41(6,7)39-31-24-32-38(50-37(31)16-19-44(35)39)17-20-45-36-15-13-30(23-34(36)42(8,9)40(32)45)26-49-51(48-21-11-18-43)46(27(2)3)28(4)5/h12-15,22-24,27-28,37-38H,10-11,16-17,19-21,25-26H2,1-9H3/q+1/i1T. The predicted octanol–water partition coefficient (Wildman–Crippen LogP) is 8.94. The summed E-state index contributed by atoms with van der Waals surface area (Å²) in [6, 6.07) is 16.3. The van der Waals surface area contributed by atoms with Crippen LogP contribution in [0.5, 0.6) is 0 Å². The smallest absolute Gasteiger partial charge is 0.259 e. The highest BCUT2D eigenvalue weighted by molar-refractivity contribution is 7.44. The molecule has 5 aliphatic rings. The molecule has 5 heterocycles. The van der Waals surface area contributed by atoms with Gasteiger partial charge in [-0.2, -0.15) is 9.84 Å². The Morgan fingerprint density at radius 1 is 1.00 bits per heavy atom. The molecular weight excluding hydrogens is 655 g/mol. The number of anilines is 1. The lowest BCUT2D eigenvalue weighted by atomic mass is 9.73. The van der Waals surface area contributed by atoms with Crippen molar-refractivity contribution in [3.05, 3.63) is 81.6 Å². The van der Waals surface area contributed by atoms with Crippen LogP contribution in [0.25, 0.3) is 0 Å². The van der Waals surface area contributed by atoms with E-state index in [1.165, 1.54) is 45.1 Å². The van der Waals surface area contributed by atoms with Crippen molar-refractivity contribution in [2.24, 2.45) is 0 Å². The zero-order valence-corrected chi connectivity index (χ0v) is 32.7. The number of hydrogen-bond acceptors (Lipinski definition) is 7. The first kappa shape index (κ1) is 35.2. The van der Waals surface area contributed by atoms with Gasteiger partial charge in [-0.1, -0.05) is 32.0 Å². The molecule has 9 heteroatoms. The van der Waals surface area contributed by atoms with Crippen LogP contribution in [0, 0.1) is 11.3 Å². The van der Waals surface area contributed by atoms with E-state index in [0.29, 0.717) is 32.8 Å². The molecule has 0 N–H and O–H groups in total. The van der Waals surface area contributed by atoms with Gasteiger partial charge in [-0.25, -0.2) is 4.67 Å². The van der Waals surface area contributed by atoms with Gasteiger partial charge in [0.15, 0.2) is 12.3 Å².